The van der Waals surface area contributed by atoms with E-state index in [-0.39, 0.29) is 0 Å². The minimum absolute atomic E-state index is 0.601. The van der Waals surface area contributed by atoms with Gasteiger partial charge in [0.15, 0.2) is 0 Å². The molecule has 0 amide bonds. The van der Waals surface area contributed by atoms with Gasteiger partial charge in [-0.2, -0.15) is 0 Å². The zero-order valence-electron chi connectivity index (χ0n) is 12.7. The van der Waals surface area contributed by atoms with Gasteiger partial charge in [0.25, 0.3) is 0 Å². The van der Waals surface area contributed by atoms with Crippen LogP contribution in [0, 0.1) is 0 Å². The van der Waals surface area contributed by atoms with Gasteiger partial charge in [-0.3, -0.25) is 4.90 Å². The van der Waals surface area contributed by atoms with Gasteiger partial charge < -0.3 is 5.32 Å². The van der Waals surface area contributed by atoms with Crippen LogP contribution in [0.2, 0.25) is 0 Å². The average Bonchev–Trinajstić information content (AvgIpc) is 2.87. The van der Waals surface area contributed by atoms with Crippen LogP contribution in [0.15, 0.2) is 60.7 Å². The number of hydrogen-bond acceptors (Lipinski definition) is 2. The molecule has 2 atom stereocenters. The fraction of sp³-hybridized carbons (Fsp3) is 0.368. The summed E-state index contributed by atoms with van der Waals surface area (Å²) in [4.78, 5) is 2.58. The molecule has 1 N–H and O–H groups in total. The van der Waals surface area contributed by atoms with Crippen molar-refractivity contribution in [1.82, 2.24) is 10.2 Å². The van der Waals surface area contributed by atoms with Crippen molar-refractivity contribution in [2.24, 2.45) is 0 Å². The minimum Gasteiger partial charge on any atom is -0.309 e. The maximum atomic E-state index is 3.70. The van der Waals surface area contributed by atoms with Gasteiger partial charge in [-0.25, -0.2) is 0 Å². The summed E-state index contributed by atoms with van der Waals surface area (Å²) in [6, 6.07) is 22.7. The van der Waals surface area contributed by atoms with E-state index >= 15 is 0 Å². The first-order valence-electron chi connectivity index (χ1n) is 7.86. The summed E-state index contributed by atoms with van der Waals surface area (Å²) >= 11 is 0. The van der Waals surface area contributed by atoms with Gasteiger partial charge in [0, 0.05) is 31.7 Å². The first kappa shape index (κ1) is 14.3. The van der Waals surface area contributed by atoms with Gasteiger partial charge in [0.1, 0.15) is 0 Å². The highest BCUT2D eigenvalue weighted by atomic mass is 15.2. The maximum Gasteiger partial charge on any atom is 0.0237 e. The fourth-order valence-electron chi connectivity index (χ4n) is 3.14. The Hall–Kier alpha value is -1.64. The summed E-state index contributed by atoms with van der Waals surface area (Å²) in [7, 11) is 0. The molecule has 2 aromatic rings. The lowest BCUT2D eigenvalue weighted by Crippen LogP contribution is -2.32. The van der Waals surface area contributed by atoms with E-state index in [1.807, 2.05) is 0 Å². The first-order valence-corrected chi connectivity index (χ1v) is 7.86. The zero-order chi connectivity index (χ0) is 14.5. The number of nitrogens with one attached hydrogen (secondary N) is 1. The van der Waals surface area contributed by atoms with Crippen LogP contribution >= 0.6 is 0 Å². The second-order valence-corrected chi connectivity index (χ2v) is 6.06. The number of hydrogen-bond donors (Lipinski definition) is 1. The van der Waals surface area contributed by atoms with Crippen LogP contribution in [0.25, 0.3) is 0 Å². The molecule has 2 aromatic carbocycles. The van der Waals surface area contributed by atoms with Crippen LogP contribution in [-0.2, 0) is 13.1 Å². The van der Waals surface area contributed by atoms with Crippen LogP contribution in [0.5, 0.6) is 0 Å². The van der Waals surface area contributed by atoms with E-state index in [1.54, 1.807) is 0 Å². The second-order valence-electron chi connectivity index (χ2n) is 6.06. The molecule has 1 saturated heterocycles. The molecule has 2 nitrogen and oxygen atoms in total. The molecule has 0 spiro atoms. The molecule has 21 heavy (non-hydrogen) atoms. The summed E-state index contributed by atoms with van der Waals surface area (Å²) in [5.41, 5.74) is 2.78. The first-order chi connectivity index (χ1) is 10.3. The van der Waals surface area contributed by atoms with Gasteiger partial charge in [-0.1, -0.05) is 60.7 Å². The van der Waals surface area contributed by atoms with Crippen molar-refractivity contribution in [1.29, 1.82) is 0 Å². The molecule has 0 radical (unpaired) electrons. The SMILES string of the molecule is CC1CC(NCc2ccccc2)CN1Cc1ccccc1. The average molecular weight is 280 g/mol. The van der Waals surface area contributed by atoms with Crippen molar-refractivity contribution in [3.05, 3.63) is 71.8 Å². The van der Waals surface area contributed by atoms with E-state index in [0.717, 1.165) is 19.6 Å². The quantitative estimate of drug-likeness (QED) is 0.902. The topological polar surface area (TPSA) is 15.3 Å². The summed E-state index contributed by atoms with van der Waals surface area (Å²) in [5.74, 6) is 0. The van der Waals surface area contributed by atoms with Crippen molar-refractivity contribution >= 4 is 0 Å². The van der Waals surface area contributed by atoms with Crippen molar-refractivity contribution < 1.29 is 0 Å². The molecule has 3 rings (SSSR count). The van der Waals surface area contributed by atoms with E-state index < -0.39 is 0 Å². The Morgan fingerprint density at radius 3 is 2.24 bits per heavy atom. The lowest BCUT2D eigenvalue weighted by Gasteiger charge is -2.21. The molecular weight excluding hydrogens is 256 g/mol. The molecule has 0 saturated carbocycles. The van der Waals surface area contributed by atoms with Gasteiger partial charge >= 0.3 is 0 Å². The Labute approximate surface area is 127 Å². The van der Waals surface area contributed by atoms with Crippen molar-refractivity contribution in [2.45, 2.75) is 38.5 Å². The Kier molecular flexibility index (Phi) is 4.69. The highest BCUT2D eigenvalue weighted by Gasteiger charge is 2.28. The van der Waals surface area contributed by atoms with Gasteiger partial charge in [-0.05, 0) is 24.5 Å². The Balaban J connectivity index is 1.51. The number of rotatable bonds is 5. The number of likely N-dealkylation sites (tertiary alicyclic amines) is 1. The highest BCUT2D eigenvalue weighted by molar-refractivity contribution is 5.16. The van der Waals surface area contributed by atoms with E-state index in [0.29, 0.717) is 12.1 Å². The van der Waals surface area contributed by atoms with Crippen LogP contribution in [0.4, 0.5) is 0 Å². The van der Waals surface area contributed by atoms with Crippen LogP contribution in [0.1, 0.15) is 24.5 Å². The van der Waals surface area contributed by atoms with E-state index in [9.17, 15) is 0 Å². The summed E-state index contributed by atoms with van der Waals surface area (Å²) in [6.07, 6.45) is 1.24. The molecule has 1 heterocycles. The number of benzene rings is 2. The normalized spacial score (nSPS) is 22.5. The Bertz CT molecular complexity index is 538. The lowest BCUT2D eigenvalue weighted by atomic mass is 10.1. The monoisotopic (exact) mass is 280 g/mol. The summed E-state index contributed by atoms with van der Waals surface area (Å²) in [5, 5.41) is 3.70. The predicted octanol–water partition coefficient (Wildman–Crippen LogP) is 3.44. The van der Waals surface area contributed by atoms with Gasteiger partial charge in [0.05, 0.1) is 0 Å². The third kappa shape index (κ3) is 3.93. The van der Waals surface area contributed by atoms with Gasteiger partial charge in [0.2, 0.25) is 0 Å². The molecule has 2 heteroatoms. The molecule has 0 aliphatic carbocycles. The second kappa shape index (κ2) is 6.88. The summed E-state index contributed by atoms with van der Waals surface area (Å²) in [6.45, 7) is 5.51. The van der Waals surface area contributed by atoms with E-state index in [2.05, 4.69) is 77.8 Å². The lowest BCUT2D eigenvalue weighted by molar-refractivity contribution is 0.257. The molecule has 1 fully saturated rings. The molecule has 2 unspecified atom stereocenters. The molecule has 0 aromatic heterocycles. The largest absolute Gasteiger partial charge is 0.309 e. The third-order valence-electron chi connectivity index (χ3n) is 4.37. The van der Waals surface area contributed by atoms with Crippen molar-refractivity contribution in [3.8, 4) is 0 Å². The Morgan fingerprint density at radius 1 is 0.952 bits per heavy atom. The predicted molar refractivity (Wildman–Crippen MR) is 88.0 cm³/mol. The molecule has 1 aliphatic rings. The van der Waals surface area contributed by atoms with Crippen molar-refractivity contribution in [3.63, 3.8) is 0 Å². The molecular formula is C19H24N2. The fourth-order valence-corrected chi connectivity index (χ4v) is 3.14. The van der Waals surface area contributed by atoms with Crippen LogP contribution < -0.4 is 5.32 Å². The van der Waals surface area contributed by atoms with Gasteiger partial charge in [-0.15, -0.1) is 0 Å². The standard InChI is InChI=1S/C19H24N2/c1-16-12-19(20-13-17-8-4-2-5-9-17)15-21(16)14-18-10-6-3-7-11-18/h2-11,16,19-20H,12-15H2,1H3. The molecule has 1 aliphatic heterocycles. The third-order valence-corrected chi connectivity index (χ3v) is 4.37. The minimum atomic E-state index is 0.601. The van der Waals surface area contributed by atoms with Crippen molar-refractivity contribution in [2.75, 3.05) is 6.54 Å². The number of nitrogens with zero attached hydrogens (tertiary/aromatic N) is 1. The van der Waals surface area contributed by atoms with E-state index in [4.69, 9.17) is 0 Å². The maximum absolute atomic E-state index is 3.70. The summed E-state index contributed by atoms with van der Waals surface area (Å²) < 4.78 is 0. The zero-order valence-corrected chi connectivity index (χ0v) is 12.7. The van der Waals surface area contributed by atoms with Crippen LogP contribution in [0.3, 0.4) is 0 Å². The Morgan fingerprint density at radius 2 is 1.57 bits per heavy atom. The molecule has 110 valence electrons. The molecule has 0 bridgehead atoms. The van der Waals surface area contributed by atoms with Crippen LogP contribution in [-0.4, -0.2) is 23.5 Å². The smallest absolute Gasteiger partial charge is 0.0237 e. The highest BCUT2D eigenvalue weighted by Crippen LogP contribution is 2.20. The van der Waals surface area contributed by atoms with E-state index in [1.165, 1.54) is 17.5 Å².